The maximum Gasteiger partial charge on any atom is 0.317 e. The van der Waals surface area contributed by atoms with Crippen LogP contribution < -0.4 is 10.6 Å². The molecule has 0 spiro atoms. The molecule has 0 unspecified atom stereocenters. The van der Waals surface area contributed by atoms with Crippen molar-refractivity contribution in [1.82, 2.24) is 20.4 Å². The molecule has 2 aliphatic rings. The molecule has 2 N–H and O–H groups in total. The molecule has 2 fully saturated rings. The van der Waals surface area contributed by atoms with Gasteiger partial charge in [0.25, 0.3) is 0 Å². The first-order valence-electron chi connectivity index (χ1n) is 8.77. The Balaban J connectivity index is 2.04. The summed E-state index contributed by atoms with van der Waals surface area (Å²) < 4.78 is -3.34. The average Bonchev–Trinajstić information content (AvgIpc) is 2.57. The second kappa shape index (κ2) is 10.1. The summed E-state index contributed by atoms with van der Waals surface area (Å²) in [5.74, 6) is 0. The van der Waals surface area contributed by atoms with Crippen molar-refractivity contribution >= 4 is 75.6 Å². The van der Waals surface area contributed by atoms with Crippen LogP contribution in [0.15, 0.2) is 0 Å². The van der Waals surface area contributed by atoms with E-state index in [1.54, 1.807) is 0 Å². The summed E-state index contributed by atoms with van der Waals surface area (Å²) in [5.41, 5.74) is 0. The van der Waals surface area contributed by atoms with E-state index >= 15 is 0 Å². The minimum absolute atomic E-state index is 0.534. The fourth-order valence-corrected chi connectivity index (χ4v) is 4.56. The minimum Gasteiger partial charge on any atom is -0.318 e. The number of nitrogens with zero attached hydrogens (tertiary/aromatic N) is 2. The zero-order chi connectivity index (χ0) is 19.4. The van der Waals surface area contributed by atoms with E-state index < -0.39 is 25.9 Å². The number of carbonyl (C=O) groups is 1. The Morgan fingerprint density at radius 1 is 0.654 bits per heavy atom. The number of alkyl halides is 6. The lowest BCUT2D eigenvalue weighted by Gasteiger charge is -2.41. The van der Waals surface area contributed by atoms with Gasteiger partial charge in [-0.25, -0.2) is 4.79 Å². The molecule has 0 saturated carbocycles. The van der Waals surface area contributed by atoms with Crippen LogP contribution >= 0.6 is 69.6 Å². The highest BCUT2D eigenvalue weighted by molar-refractivity contribution is 6.68. The molecule has 2 heterocycles. The van der Waals surface area contributed by atoms with E-state index in [1.807, 2.05) is 9.80 Å². The molecule has 26 heavy (non-hydrogen) atoms. The molecule has 0 bridgehead atoms. The number of rotatable bonds is 4. The summed E-state index contributed by atoms with van der Waals surface area (Å²) in [5, 5.41) is 5.49. The summed E-state index contributed by atoms with van der Waals surface area (Å²) in [6.45, 7) is 3.00. The van der Waals surface area contributed by atoms with Crippen molar-refractivity contribution in [2.75, 3.05) is 26.2 Å². The lowest BCUT2D eigenvalue weighted by molar-refractivity contribution is 0.123. The summed E-state index contributed by atoms with van der Waals surface area (Å²) in [7, 11) is 0. The monoisotopic (exact) mass is 486 g/mol. The smallest absolute Gasteiger partial charge is 0.317 e. The number of urea groups is 1. The largest absolute Gasteiger partial charge is 0.318 e. The van der Waals surface area contributed by atoms with E-state index in [9.17, 15) is 4.79 Å². The highest BCUT2D eigenvalue weighted by Gasteiger charge is 2.42. The Labute approximate surface area is 184 Å². The Morgan fingerprint density at radius 3 is 1.23 bits per heavy atom. The lowest BCUT2D eigenvalue weighted by Crippen LogP contribution is -2.63. The molecule has 0 aromatic rings. The molecular weight excluding hydrogens is 465 g/mol. The van der Waals surface area contributed by atoms with Gasteiger partial charge < -0.3 is 10.6 Å². The summed E-state index contributed by atoms with van der Waals surface area (Å²) in [6.07, 6.45) is 4.70. The van der Waals surface area contributed by atoms with Gasteiger partial charge in [-0.15, -0.1) is 0 Å². The number of hydrogen-bond donors (Lipinski definition) is 2. The van der Waals surface area contributed by atoms with Crippen LogP contribution in [-0.4, -0.2) is 61.9 Å². The van der Waals surface area contributed by atoms with E-state index in [0.29, 0.717) is 0 Å². The van der Waals surface area contributed by atoms with Gasteiger partial charge in [-0.05, 0) is 25.7 Å². The van der Waals surface area contributed by atoms with Crippen LogP contribution in [0.5, 0.6) is 0 Å². The Hall–Kier alpha value is 0.930. The van der Waals surface area contributed by atoms with Crippen LogP contribution in [0.4, 0.5) is 4.79 Å². The predicted molar refractivity (Wildman–Crippen MR) is 111 cm³/mol. The summed E-state index contributed by atoms with van der Waals surface area (Å²) in [6, 6.07) is -0.534. The van der Waals surface area contributed by atoms with Crippen LogP contribution in [0.25, 0.3) is 0 Å². The maximum atomic E-state index is 12.6. The van der Waals surface area contributed by atoms with Gasteiger partial charge in [0, 0.05) is 26.2 Å². The molecule has 2 saturated heterocycles. The SMILES string of the molecule is O=C(N[C@@H](N1CCCCC1)C(Cl)(Cl)Cl)N[C@@H](N1CCCCC1)C(Cl)(Cl)Cl. The van der Waals surface area contributed by atoms with Crippen LogP contribution in [0.3, 0.4) is 0 Å². The van der Waals surface area contributed by atoms with E-state index in [0.717, 1.165) is 64.7 Å². The van der Waals surface area contributed by atoms with Crippen molar-refractivity contribution in [3.8, 4) is 0 Å². The van der Waals surface area contributed by atoms with Crippen molar-refractivity contribution in [3.63, 3.8) is 0 Å². The van der Waals surface area contributed by atoms with Crippen molar-refractivity contribution in [2.24, 2.45) is 0 Å². The molecule has 0 aliphatic carbocycles. The molecule has 152 valence electrons. The van der Waals surface area contributed by atoms with Crippen molar-refractivity contribution in [3.05, 3.63) is 0 Å². The normalized spacial score (nSPS) is 23.3. The third kappa shape index (κ3) is 7.07. The van der Waals surface area contributed by atoms with Gasteiger partial charge in [-0.1, -0.05) is 82.4 Å². The van der Waals surface area contributed by atoms with E-state index in [1.165, 1.54) is 0 Å². The number of nitrogens with one attached hydrogen (secondary N) is 2. The molecular formula is C15H24Cl6N4O. The lowest BCUT2D eigenvalue weighted by atomic mass is 10.1. The first kappa shape index (κ1) is 23.2. The fraction of sp³-hybridized carbons (Fsp3) is 0.933. The number of likely N-dealkylation sites (tertiary alicyclic amines) is 2. The van der Waals surface area contributed by atoms with Gasteiger partial charge in [0.05, 0.1) is 0 Å². The van der Waals surface area contributed by atoms with E-state index in [4.69, 9.17) is 69.6 Å². The number of carbonyl (C=O) groups excluding carboxylic acids is 1. The molecule has 2 rings (SSSR count). The van der Waals surface area contributed by atoms with Gasteiger partial charge in [-0.3, -0.25) is 9.80 Å². The average molecular weight is 489 g/mol. The van der Waals surface area contributed by atoms with Gasteiger partial charge in [-0.2, -0.15) is 0 Å². The van der Waals surface area contributed by atoms with Crippen LogP contribution in [0, 0.1) is 0 Å². The highest BCUT2D eigenvalue weighted by Crippen LogP contribution is 2.35. The van der Waals surface area contributed by atoms with Crippen LogP contribution in [0.2, 0.25) is 0 Å². The third-order valence-electron chi connectivity index (χ3n) is 4.67. The van der Waals surface area contributed by atoms with Gasteiger partial charge in [0.2, 0.25) is 7.59 Å². The Kier molecular flexibility index (Phi) is 9.02. The van der Waals surface area contributed by atoms with E-state index in [2.05, 4.69) is 10.6 Å². The van der Waals surface area contributed by atoms with Crippen molar-refractivity contribution < 1.29 is 4.79 Å². The molecule has 2 aliphatic heterocycles. The second-order valence-electron chi connectivity index (χ2n) is 6.70. The first-order chi connectivity index (χ1) is 12.1. The zero-order valence-corrected chi connectivity index (χ0v) is 18.8. The summed E-state index contributed by atoms with van der Waals surface area (Å²) >= 11 is 36.7. The number of hydrogen-bond acceptors (Lipinski definition) is 3. The topological polar surface area (TPSA) is 47.6 Å². The number of piperidine rings is 2. The maximum absolute atomic E-state index is 12.6. The quantitative estimate of drug-likeness (QED) is 0.566. The highest BCUT2D eigenvalue weighted by atomic mass is 35.6. The minimum atomic E-state index is -1.67. The Bertz CT molecular complexity index is 418. The number of halogens is 6. The molecule has 0 radical (unpaired) electrons. The van der Waals surface area contributed by atoms with E-state index in [-0.39, 0.29) is 0 Å². The fourth-order valence-electron chi connectivity index (χ4n) is 3.40. The first-order valence-corrected chi connectivity index (χ1v) is 11.0. The van der Waals surface area contributed by atoms with Gasteiger partial charge in [0.1, 0.15) is 12.3 Å². The molecule has 2 atom stereocenters. The van der Waals surface area contributed by atoms with Crippen LogP contribution in [0.1, 0.15) is 38.5 Å². The zero-order valence-electron chi connectivity index (χ0n) is 14.3. The molecule has 11 heteroatoms. The third-order valence-corrected chi connectivity index (χ3v) is 5.91. The number of amides is 2. The molecule has 0 aromatic heterocycles. The Morgan fingerprint density at radius 2 is 0.962 bits per heavy atom. The summed E-state index contributed by atoms with van der Waals surface area (Å²) in [4.78, 5) is 16.5. The molecule has 5 nitrogen and oxygen atoms in total. The predicted octanol–water partition coefficient (Wildman–Crippen LogP) is 4.65. The second-order valence-corrected chi connectivity index (χ2v) is 11.4. The molecule has 2 amide bonds. The van der Waals surface area contributed by atoms with Crippen LogP contribution in [-0.2, 0) is 0 Å². The van der Waals surface area contributed by atoms with Gasteiger partial charge >= 0.3 is 6.03 Å². The van der Waals surface area contributed by atoms with Gasteiger partial charge in [0.15, 0.2) is 0 Å². The standard InChI is InChI=1S/C15H24Cl6N4O/c16-14(17,18)11(24-7-3-1-4-8-24)22-13(26)23-12(15(19,20)21)25-9-5-2-6-10-25/h11-12H,1-10H2,(H2,22,23,26)/t11-,12-/m0/s1. The van der Waals surface area contributed by atoms with Crippen molar-refractivity contribution in [1.29, 1.82) is 0 Å². The molecule has 0 aromatic carbocycles. The van der Waals surface area contributed by atoms with Crippen molar-refractivity contribution in [2.45, 2.75) is 58.4 Å².